The second kappa shape index (κ2) is 5.56. The fourth-order valence-corrected chi connectivity index (χ4v) is 2.64. The Morgan fingerprint density at radius 2 is 1.95 bits per heavy atom. The molecule has 2 aromatic rings. The zero-order valence-corrected chi connectivity index (χ0v) is 12.8. The number of amides is 2. The third-order valence-electron chi connectivity index (χ3n) is 3.71. The fourth-order valence-electron chi connectivity index (χ4n) is 2.64. The molecule has 4 heteroatoms. The summed E-state index contributed by atoms with van der Waals surface area (Å²) in [6.45, 7) is 7.93. The van der Waals surface area contributed by atoms with E-state index >= 15 is 0 Å². The molecule has 0 unspecified atom stereocenters. The van der Waals surface area contributed by atoms with Gasteiger partial charge < -0.3 is 16.0 Å². The molecule has 2 aromatic carbocycles. The molecule has 0 saturated carbocycles. The Bertz CT molecular complexity index is 765. The molecular formula is C18H19N3O. The van der Waals surface area contributed by atoms with Gasteiger partial charge in [0.1, 0.15) is 0 Å². The molecule has 0 fully saturated rings. The second-order valence-corrected chi connectivity index (χ2v) is 5.67. The summed E-state index contributed by atoms with van der Waals surface area (Å²) < 4.78 is 0. The van der Waals surface area contributed by atoms with E-state index in [2.05, 4.69) is 22.5 Å². The van der Waals surface area contributed by atoms with Crippen LogP contribution < -0.4 is 16.0 Å². The number of nitrogens with one attached hydrogen (secondary N) is 3. The van der Waals surface area contributed by atoms with E-state index in [1.165, 1.54) is 5.56 Å². The first-order valence-electron chi connectivity index (χ1n) is 7.24. The topological polar surface area (TPSA) is 53.2 Å². The minimum atomic E-state index is -0.239. The summed E-state index contributed by atoms with van der Waals surface area (Å²) in [6, 6.07) is 11.5. The molecule has 2 amide bonds. The monoisotopic (exact) mass is 293 g/mol. The third kappa shape index (κ3) is 2.96. The lowest BCUT2D eigenvalue weighted by Gasteiger charge is -2.11. The Morgan fingerprint density at radius 3 is 2.73 bits per heavy atom. The molecule has 0 bridgehead atoms. The van der Waals surface area contributed by atoms with Gasteiger partial charge in [-0.3, -0.25) is 0 Å². The van der Waals surface area contributed by atoms with Gasteiger partial charge in [-0.25, -0.2) is 4.79 Å². The summed E-state index contributed by atoms with van der Waals surface area (Å²) in [5.74, 6) is 0. The lowest BCUT2D eigenvalue weighted by molar-refractivity contribution is 0.262. The first kappa shape index (κ1) is 14.2. The summed E-state index contributed by atoms with van der Waals surface area (Å²) in [5, 5.41) is 8.96. The zero-order valence-electron chi connectivity index (χ0n) is 12.8. The number of aryl methyl sites for hydroxylation is 2. The molecule has 3 N–H and O–H groups in total. The van der Waals surface area contributed by atoms with Crippen LogP contribution in [-0.4, -0.2) is 6.03 Å². The average Bonchev–Trinajstić information content (AvgIpc) is 2.81. The first-order valence-corrected chi connectivity index (χ1v) is 7.24. The van der Waals surface area contributed by atoms with E-state index in [-0.39, 0.29) is 6.03 Å². The van der Waals surface area contributed by atoms with Gasteiger partial charge in [-0.05, 0) is 49.2 Å². The maximum Gasteiger partial charge on any atom is 0.323 e. The quantitative estimate of drug-likeness (QED) is 0.767. The highest BCUT2D eigenvalue weighted by Gasteiger charge is 2.14. The molecule has 0 atom stereocenters. The van der Waals surface area contributed by atoms with E-state index in [4.69, 9.17) is 0 Å². The maximum atomic E-state index is 12.1. The van der Waals surface area contributed by atoms with Crippen LogP contribution in [0.15, 0.2) is 48.7 Å². The van der Waals surface area contributed by atoms with Gasteiger partial charge in [0, 0.05) is 29.2 Å². The van der Waals surface area contributed by atoms with Crippen molar-refractivity contribution in [3.8, 4) is 0 Å². The van der Waals surface area contributed by atoms with Crippen molar-refractivity contribution in [3.05, 3.63) is 65.4 Å². The number of carbonyl (C=O) groups excluding carboxylic acids is 1. The van der Waals surface area contributed by atoms with Crippen LogP contribution in [0, 0.1) is 13.8 Å². The van der Waals surface area contributed by atoms with Gasteiger partial charge in [0.2, 0.25) is 0 Å². The van der Waals surface area contributed by atoms with Crippen molar-refractivity contribution in [2.45, 2.75) is 20.3 Å². The molecule has 1 aliphatic heterocycles. The second-order valence-electron chi connectivity index (χ2n) is 5.67. The van der Waals surface area contributed by atoms with Crippen LogP contribution in [0.1, 0.15) is 16.7 Å². The number of hydrogen-bond donors (Lipinski definition) is 3. The number of carbonyl (C=O) groups is 1. The lowest BCUT2D eigenvalue weighted by Crippen LogP contribution is -2.20. The van der Waals surface area contributed by atoms with E-state index in [9.17, 15) is 4.79 Å². The molecule has 112 valence electrons. The molecule has 4 nitrogen and oxygen atoms in total. The standard InChI is InChI=1S/C18H19N3O/c1-11-4-6-16(12(2)8-11)21-18(22)20-15-5-7-17-14(10-15)9-13(3)19-17/h4-8,10,19H,3,9H2,1-2H3,(H2,20,21,22). The van der Waals surface area contributed by atoms with Crippen LogP contribution >= 0.6 is 0 Å². The van der Waals surface area contributed by atoms with Gasteiger partial charge in [0.05, 0.1) is 0 Å². The molecule has 1 heterocycles. The van der Waals surface area contributed by atoms with Gasteiger partial charge >= 0.3 is 6.03 Å². The van der Waals surface area contributed by atoms with Crippen LogP contribution in [0.4, 0.5) is 21.9 Å². The number of urea groups is 1. The molecule has 22 heavy (non-hydrogen) atoms. The van der Waals surface area contributed by atoms with Crippen molar-refractivity contribution >= 4 is 23.1 Å². The average molecular weight is 293 g/mol. The van der Waals surface area contributed by atoms with Crippen LogP contribution in [0.3, 0.4) is 0 Å². The van der Waals surface area contributed by atoms with E-state index < -0.39 is 0 Å². The van der Waals surface area contributed by atoms with Crippen LogP contribution in [0.5, 0.6) is 0 Å². The maximum absolute atomic E-state index is 12.1. The Hall–Kier alpha value is -2.75. The summed E-state index contributed by atoms with van der Waals surface area (Å²) in [5.41, 5.74) is 7.00. The van der Waals surface area contributed by atoms with Crippen molar-refractivity contribution in [2.75, 3.05) is 16.0 Å². The minimum absolute atomic E-state index is 0.239. The zero-order chi connectivity index (χ0) is 15.7. The Balaban J connectivity index is 1.70. The van der Waals surface area contributed by atoms with Crippen LogP contribution in [-0.2, 0) is 6.42 Å². The van der Waals surface area contributed by atoms with E-state index in [1.807, 2.05) is 50.2 Å². The van der Waals surface area contributed by atoms with E-state index in [0.717, 1.165) is 40.3 Å². The smallest absolute Gasteiger partial charge is 0.323 e. The summed E-state index contributed by atoms with van der Waals surface area (Å²) in [7, 11) is 0. The molecule has 0 aromatic heterocycles. The Labute approximate surface area is 130 Å². The van der Waals surface area contributed by atoms with Gasteiger partial charge in [-0.1, -0.05) is 24.3 Å². The van der Waals surface area contributed by atoms with Gasteiger partial charge in [0.15, 0.2) is 0 Å². The third-order valence-corrected chi connectivity index (χ3v) is 3.71. The summed E-state index contributed by atoms with van der Waals surface area (Å²) in [6.07, 6.45) is 0.795. The summed E-state index contributed by atoms with van der Waals surface area (Å²) in [4.78, 5) is 12.1. The number of hydrogen-bond acceptors (Lipinski definition) is 2. The molecule has 0 spiro atoms. The van der Waals surface area contributed by atoms with E-state index in [1.54, 1.807) is 0 Å². The number of fused-ring (bicyclic) bond motifs is 1. The Morgan fingerprint density at radius 1 is 1.14 bits per heavy atom. The van der Waals surface area contributed by atoms with Gasteiger partial charge in [0.25, 0.3) is 0 Å². The predicted octanol–water partition coefficient (Wildman–Crippen LogP) is 4.43. The van der Waals surface area contributed by atoms with E-state index in [0.29, 0.717) is 0 Å². The number of allylic oxidation sites excluding steroid dienone is 1. The molecule has 0 saturated heterocycles. The molecule has 0 radical (unpaired) electrons. The van der Waals surface area contributed by atoms with Crippen molar-refractivity contribution < 1.29 is 4.79 Å². The fraction of sp³-hybridized carbons (Fsp3) is 0.167. The normalized spacial score (nSPS) is 12.5. The molecule has 1 aliphatic rings. The number of benzene rings is 2. The lowest BCUT2D eigenvalue weighted by atomic mass is 10.1. The van der Waals surface area contributed by atoms with Gasteiger partial charge in [-0.2, -0.15) is 0 Å². The molecule has 0 aliphatic carbocycles. The summed E-state index contributed by atoms with van der Waals surface area (Å²) >= 11 is 0. The highest BCUT2D eigenvalue weighted by atomic mass is 16.2. The van der Waals surface area contributed by atoms with Crippen molar-refractivity contribution in [2.24, 2.45) is 0 Å². The van der Waals surface area contributed by atoms with Gasteiger partial charge in [-0.15, -0.1) is 0 Å². The van der Waals surface area contributed by atoms with Crippen molar-refractivity contribution in [3.63, 3.8) is 0 Å². The first-order chi connectivity index (χ1) is 10.5. The van der Waals surface area contributed by atoms with Crippen molar-refractivity contribution in [1.29, 1.82) is 0 Å². The highest BCUT2D eigenvalue weighted by molar-refractivity contribution is 6.00. The number of rotatable bonds is 2. The van der Waals surface area contributed by atoms with Crippen LogP contribution in [0.25, 0.3) is 0 Å². The SMILES string of the molecule is C=C1Cc2cc(NC(=O)Nc3ccc(C)cc3C)ccc2N1. The highest BCUT2D eigenvalue weighted by Crippen LogP contribution is 2.29. The number of anilines is 3. The Kier molecular flexibility index (Phi) is 3.59. The molecular weight excluding hydrogens is 274 g/mol. The van der Waals surface area contributed by atoms with Crippen LogP contribution in [0.2, 0.25) is 0 Å². The minimum Gasteiger partial charge on any atom is -0.359 e. The molecule has 3 rings (SSSR count). The predicted molar refractivity (Wildman–Crippen MR) is 91.5 cm³/mol. The largest absolute Gasteiger partial charge is 0.359 e. The van der Waals surface area contributed by atoms with Crippen molar-refractivity contribution in [1.82, 2.24) is 0 Å².